The number of aromatic nitrogens is 1. The lowest BCUT2D eigenvalue weighted by Crippen LogP contribution is -2.05. The number of carbonyl (C=O) groups is 1. The van der Waals surface area contributed by atoms with Crippen LogP contribution in [-0.4, -0.2) is 16.0 Å². The average molecular weight is 323 g/mol. The predicted octanol–water partition coefficient (Wildman–Crippen LogP) is 3.19. The van der Waals surface area contributed by atoms with Crippen molar-refractivity contribution < 1.29 is 9.90 Å². The Bertz CT molecular complexity index is 946. The van der Waals surface area contributed by atoms with Crippen molar-refractivity contribution in [3.05, 3.63) is 59.2 Å². The molecule has 5 nitrogen and oxygen atoms in total. The second kappa shape index (κ2) is 5.49. The number of anilines is 2. The molecule has 23 heavy (non-hydrogen) atoms. The third-order valence-electron chi connectivity index (χ3n) is 3.75. The van der Waals surface area contributed by atoms with Gasteiger partial charge in [0.2, 0.25) is 0 Å². The Balaban J connectivity index is 1.75. The molecule has 0 aliphatic carbocycles. The van der Waals surface area contributed by atoms with E-state index < -0.39 is 0 Å². The topological polar surface area (TPSA) is 74.2 Å². The van der Waals surface area contributed by atoms with Gasteiger partial charge in [-0.1, -0.05) is 12.1 Å². The lowest BCUT2D eigenvalue weighted by atomic mass is 10.1. The van der Waals surface area contributed by atoms with Crippen LogP contribution in [0.3, 0.4) is 0 Å². The van der Waals surface area contributed by atoms with Crippen LogP contribution >= 0.6 is 11.3 Å². The van der Waals surface area contributed by atoms with Gasteiger partial charge in [0.05, 0.1) is 33.6 Å². The summed E-state index contributed by atoms with van der Waals surface area (Å²) in [5.74, 6) is -0.133. The number of aliphatic hydroxyl groups excluding tert-OH is 1. The Morgan fingerprint density at radius 2 is 2.22 bits per heavy atom. The number of nitrogens with zero attached hydrogens (tertiary/aromatic N) is 1. The first kappa shape index (κ1) is 13.9. The van der Waals surface area contributed by atoms with Gasteiger partial charge in [-0.2, -0.15) is 0 Å². The summed E-state index contributed by atoms with van der Waals surface area (Å²) in [5.41, 5.74) is 6.59. The molecule has 0 spiro atoms. The van der Waals surface area contributed by atoms with E-state index in [1.54, 1.807) is 11.7 Å². The van der Waals surface area contributed by atoms with Crippen LogP contribution in [0, 0.1) is 0 Å². The molecule has 1 amide bonds. The molecule has 6 heteroatoms. The lowest BCUT2D eigenvalue weighted by molar-refractivity contribution is -0.110. The third kappa shape index (κ3) is 2.38. The summed E-state index contributed by atoms with van der Waals surface area (Å²) in [5, 5.41) is 15.2. The summed E-state index contributed by atoms with van der Waals surface area (Å²) in [4.78, 5) is 16.6. The van der Waals surface area contributed by atoms with Crippen molar-refractivity contribution in [2.45, 2.75) is 6.61 Å². The molecule has 1 aliphatic heterocycles. The highest BCUT2D eigenvalue weighted by atomic mass is 32.1. The van der Waals surface area contributed by atoms with E-state index in [0.29, 0.717) is 5.57 Å². The molecule has 0 saturated heterocycles. The molecule has 1 aliphatic rings. The van der Waals surface area contributed by atoms with Gasteiger partial charge >= 0.3 is 0 Å². The second-order valence-corrected chi connectivity index (χ2v) is 6.06. The van der Waals surface area contributed by atoms with E-state index in [0.717, 1.165) is 32.7 Å². The monoisotopic (exact) mass is 323 g/mol. The van der Waals surface area contributed by atoms with Gasteiger partial charge in [-0.25, -0.2) is 4.98 Å². The third-order valence-corrected chi connectivity index (χ3v) is 4.61. The molecule has 2 aromatic carbocycles. The minimum absolute atomic E-state index is 0.0170. The van der Waals surface area contributed by atoms with Crippen LogP contribution in [0.25, 0.3) is 15.8 Å². The van der Waals surface area contributed by atoms with E-state index in [9.17, 15) is 9.90 Å². The standard InChI is InChI=1S/C17H13N3O2S/c21-8-10-2-1-3-11(6-10)18-7-12-15-13(20-17(12)22)4-5-14-16(15)23-9-19-14/h1-7,9,18,21H,8H2,(H,20,22). The first-order chi connectivity index (χ1) is 11.3. The number of rotatable bonds is 3. The summed E-state index contributed by atoms with van der Waals surface area (Å²) >= 11 is 1.52. The molecule has 4 rings (SSSR count). The van der Waals surface area contributed by atoms with Crippen molar-refractivity contribution in [2.75, 3.05) is 10.6 Å². The summed E-state index contributed by atoms with van der Waals surface area (Å²) in [7, 11) is 0. The van der Waals surface area contributed by atoms with Gasteiger partial charge in [0, 0.05) is 17.5 Å². The molecule has 0 saturated carbocycles. The predicted molar refractivity (Wildman–Crippen MR) is 92.2 cm³/mol. The Morgan fingerprint density at radius 3 is 3.09 bits per heavy atom. The van der Waals surface area contributed by atoms with Crippen molar-refractivity contribution in [1.82, 2.24) is 4.98 Å². The van der Waals surface area contributed by atoms with Crippen molar-refractivity contribution >= 4 is 44.4 Å². The average Bonchev–Trinajstić information content (AvgIpc) is 3.16. The fraction of sp³-hybridized carbons (Fsp3) is 0.0588. The first-order valence-corrected chi connectivity index (χ1v) is 7.98. The smallest absolute Gasteiger partial charge is 0.257 e. The Morgan fingerprint density at radius 1 is 1.30 bits per heavy atom. The zero-order valence-corrected chi connectivity index (χ0v) is 12.9. The highest BCUT2D eigenvalue weighted by Crippen LogP contribution is 2.39. The lowest BCUT2D eigenvalue weighted by Gasteiger charge is -2.05. The van der Waals surface area contributed by atoms with Gasteiger partial charge in [-0.3, -0.25) is 4.79 Å². The summed E-state index contributed by atoms with van der Waals surface area (Å²) in [6, 6.07) is 11.2. The maximum Gasteiger partial charge on any atom is 0.257 e. The van der Waals surface area contributed by atoms with Crippen LogP contribution in [-0.2, 0) is 11.4 Å². The number of hydrogen-bond acceptors (Lipinski definition) is 5. The first-order valence-electron chi connectivity index (χ1n) is 7.10. The number of thiazole rings is 1. The van der Waals surface area contributed by atoms with Gasteiger partial charge in [0.25, 0.3) is 5.91 Å². The van der Waals surface area contributed by atoms with Gasteiger partial charge in [-0.05, 0) is 29.8 Å². The molecular formula is C17H13N3O2S. The molecule has 0 unspecified atom stereocenters. The zero-order valence-electron chi connectivity index (χ0n) is 12.0. The molecule has 0 radical (unpaired) electrons. The van der Waals surface area contributed by atoms with Crippen molar-refractivity contribution in [3.8, 4) is 0 Å². The normalized spacial score (nSPS) is 15.0. The van der Waals surface area contributed by atoms with Crippen LogP contribution in [0.2, 0.25) is 0 Å². The van der Waals surface area contributed by atoms with Crippen LogP contribution < -0.4 is 10.6 Å². The second-order valence-electron chi connectivity index (χ2n) is 5.20. The van der Waals surface area contributed by atoms with Crippen LogP contribution in [0.1, 0.15) is 11.1 Å². The summed E-state index contributed by atoms with van der Waals surface area (Å²) in [6.07, 6.45) is 1.71. The minimum Gasteiger partial charge on any atom is -0.392 e. The number of nitrogens with one attached hydrogen (secondary N) is 2. The van der Waals surface area contributed by atoms with Crippen molar-refractivity contribution in [2.24, 2.45) is 0 Å². The number of benzene rings is 2. The quantitative estimate of drug-likeness (QED) is 0.647. The Labute approximate surface area is 136 Å². The fourth-order valence-electron chi connectivity index (χ4n) is 2.66. The van der Waals surface area contributed by atoms with E-state index in [1.807, 2.05) is 36.4 Å². The minimum atomic E-state index is -0.133. The van der Waals surface area contributed by atoms with Crippen molar-refractivity contribution in [1.29, 1.82) is 0 Å². The van der Waals surface area contributed by atoms with E-state index >= 15 is 0 Å². The molecule has 0 bridgehead atoms. The molecule has 1 aromatic heterocycles. The maximum atomic E-state index is 12.3. The Kier molecular flexibility index (Phi) is 3.33. The van der Waals surface area contributed by atoms with E-state index in [1.165, 1.54) is 11.3 Å². The van der Waals surface area contributed by atoms with Gasteiger partial charge in [0.15, 0.2) is 0 Å². The molecule has 3 aromatic rings. The Hall–Kier alpha value is -2.70. The van der Waals surface area contributed by atoms with Gasteiger partial charge in [-0.15, -0.1) is 11.3 Å². The van der Waals surface area contributed by atoms with E-state index in [-0.39, 0.29) is 12.5 Å². The zero-order chi connectivity index (χ0) is 15.8. The maximum absolute atomic E-state index is 12.3. The van der Waals surface area contributed by atoms with Crippen LogP contribution in [0.15, 0.2) is 48.1 Å². The summed E-state index contributed by atoms with van der Waals surface area (Å²) < 4.78 is 0.998. The fourth-order valence-corrected chi connectivity index (χ4v) is 3.51. The van der Waals surface area contributed by atoms with Crippen molar-refractivity contribution in [3.63, 3.8) is 0 Å². The van der Waals surface area contributed by atoms with Crippen LogP contribution in [0.5, 0.6) is 0 Å². The number of carbonyl (C=O) groups excluding carboxylic acids is 1. The number of aliphatic hydroxyl groups is 1. The highest BCUT2D eigenvalue weighted by molar-refractivity contribution is 7.17. The SMILES string of the molecule is O=C1Nc2ccc3ncsc3c2C1=CNc1cccc(CO)c1. The molecule has 0 fully saturated rings. The molecule has 2 heterocycles. The van der Waals surface area contributed by atoms with E-state index in [4.69, 9.17) is 0 Å². The number of amides is 1. The number of fused-ring (bicyclic) bond motifs is 3. The molecular weight excluding hydrogens is 310 g/mol. The highest BCUT2D eigenvalue weighted by Gasteiger charge is 2.27. The molecule has 3 N–H and O–H groups in total. The largest absolute Gasteiger partial charge is 0.392 e. The summed E-state index contributed by atoms with van der Waals surface area (Å²) in [6.45, 7) is -0.0170. The molecule has 0 atom stereocenters. The van der Waals surface area contributed by atoms with Crippen LogP contribution in [0.4, 0.5) is 11.4 Å². The van der Waals surface area contributed by atoms with Gasteiger partial charge < -0.3 is 15.7 Å². The van der Waals surface area contributed by atoms with E-state index in [2.05, 4.69) is 15.6 Å². The van der Waals surface area contributed by atoms with Gasteiger partial charge in [0.1, 0.15) is 0 Å². The molecule has 114 valence electrons. The number of hydrogen-bond donors (Lipinski definition) is 3.